The highest BCUT2D eigenvalue weighted by Gasteiger charge is 2.13. The molecule has 0 bridgehead atoms. The average molecular weight is 131 g/mol. The number of methoxy groups -OCH3 is 1. The third-order valence-corrected chi connectivity index (χ3v) is 0.794. The minimum absolute atomic E-state index is 0.549. The zero-order chi connectivity index (χ0) is 7.28. The maximum atomic E-state index is 10.5. The van der Waals surface area contributed by atoms with Gasteiger partial charge in [-0.2, -0.15) is 0 Å². The number of carbonyl (C=O) groups excluding carboxylic acids is 1. The van der Waals surface area contributed by atoms with E-state index in [0.29, 0.717) is 0 Å². The maximum absolute atomic E-state index is 10.5. The highest BCUT2D eigenvalue weighted by Crippen LogP contribution is 1.90. The number of ether oxygens (including phenoxy) is 1. The quantitative estimate of drug-likeness (QED) is 0.322. The summed E-state index contributed by atoms with van der Waals surface area (Å²) in [5.74, 6) is 4.14. The molecule has 0 rings (SSSR count). The highest BCUT2D eigenvalue weighted by molar-refractivity contribution is 5.76. The van der Waals surface area contributed by atoms with E-state index in [2.05, 4.69) is 22.1 Å². The second kappa shape index (κ2) is 4.05. The maximum Gasteiger partial charge on any atom is 0.341 e. The number of rotatable bonds is 3. The second-order valence-electron chi connectivity index (χ2n) is 1.32. The van der Waals surface area contributed by atoms with Gasteiger partial charge >= 0.3 is 5.97 Å². The van der Waals surface area contributed by atoms with E-state index in [1.54, 1.807) is 0 Å². The van der Waals surface area contributed by atoms with Gasteiger partial charge in [0.05, 0.1) is 7.11 Å². The Kier molecular flexibility index (Phi) is 3.66. The van der Waals surface area contributed by atoms with E-state index < -0.39 is 12.1 Å². The lowest BCUT2D eigenvalue weighted by Crippen LogP contribution is -2.25. The minimum atomic E-state index is -0.852. The molecule has 2 N–H and O–H groups in total. The van der Waals surface area contributed by atoms with Crippen LogP contribution in [0.3, 0.4) is 0 Å². The Balaban J connectivity index is 3.78. The average Bonchev–Trinajstić information content (AvgIpc) is 1.90. The predicted molar refractivity (Wildman–Crippen MR) is 31.3 cm³/mol. The Morgan fingerprint density at radius 2 is 2.44 bits per heavy atom. The van der Waals surface area contributed by atoms with Gasteiger partial charge in [-0.15, -0.1) is 0 Å². The lowest BCUT2D eigenvalue weighted by molar-refractivity contribution is -0.151. The molecule has 0 fully saturated rings. The first kappa shape index (κ1) is 8.13. The summed E-state index contributed by atoms with van der Waals surface area (Å²) < 4.78 is 4.28. The summed E-state index contributed by atoms with van der Waals surface area (Å²) in [6, 6.07) is 0. The first-order valence-electron chi connectivity index (χ1n) is 2.32. The number of nitrogens with two attached hydrogens (primary N) is 1. The van der Waals surface area contributed by atoms with Crippen molar-refractivity contribution in [3.8, 4) is 0 Å². The van der Waals surface area contributed by atoms with Crippen LogP contribution in [0.2, 0.25) is 0 Å². The molecule has 9 heavy (non-hydrogen) atoms. The van der Waals surface area contributed by atoms with Gasteiger partial charge in [-0.3, -0.25) is 4.84 Å². The predicted octanol–water partition coefficient (Wildman–Crippen LogP) is -0.396. The second-order valence-corrected chi connectivity index (χ2v) is 1.32. The van der Waals surface area contributed by atoms with Crippen LogP contribution in [0.4, 0.5) is 0 Å². The van der Waals surface area contributed by atoms with Crippen LogP contribution in [0.15, 0.2) is 12.7 Å². The normalized spacial score (nSPS) is 12.2. The Labute approximate surface area is 53.2 Å². The van der Waals surface area contributed by atoms with Gasteiger partial charge in [-0.25, -0.2) is 10.7 Å². The largest absolute Gasteiger partial charge is 0.467 e. The molecule has 0 aromatic carbocycles. The zero-order valence-electron chi connectivity index (χ0n) is 5.16. The molecule has 0 amide bonds. The molecule has 0 saturated heterocycles. The van der Waals surface area contributed by atoms with E-state index >= 15 is 0 Å². The highest BCUT2D eigenvalue weighted by atomic mass is 16.6. The molecule has 0 aromatic heterocycles. The van der Waals surface area contributed by atoms with Crippen LogP contribution in [0, 0.1) is 0 Å². The van der Waals surface area contributed by atoms with Crippen LogP contribution in [-0.2, 0) is 14.4 Å². The molecule has 52 valence electrons. The van der Waals surface area contributed by atoms with Crippen molar-refractivity contribution in [3.63, 3.8) is 0 Å². The Morgan fingerprint density at radius 3 is 2.56 bits per heavy atom. The van der Waals surface area contributed by atoms with Crippen LogP contribution >= 0.6 is 0 Å². The summed E-state index contributed by atoms with van der Waals surface area (Å²) in [6.45, 7) is 3.30. The SMILES string of the molecule is C=CC(ON)C(=O)OC. The van der Waals surface area contributed by atoms with Crippen molar-refractivity contribution in [2.45, 2.75) is 6.10 Å². The third-order valence-electron chi connectivity index (χ3n) is 0.794. The fourth-order valence-corrected chi connectivity index (χ4v) is 0.323. The summed E-state index contributed by atoms with van der Waals surface area (Å²) in [5, 5.41) is 0. The minimum Gasteiger partial charge on any atom is -0.467 e. The van der Waals surface area contributed by atoms with Gasteiger partial charge < -0.3 is 4.74 Å². The van der Waals surface area contributed by atoms with Gasteiger partial charge in [-0.1, -0.05) is 6.58 Å². The number of carbonyl (C=O) groups is 1. The third kappa shape index (κ3) is 2.25. The van der Waals surface area contributed by atoms with Crippen LogP contribution in [0.5, 0.6) is 0 Å². The summed E-state index contributed by atoms with van der Waals surface area (Å²) in [6.07, 6.45) is 0.404. The monoisotopic (exact) mass is 131 g/mol. The number of esters is 1. The summed E-state index contributed by atoms with van der Waals surface area (Å²) in [5.41, 5.74) is 0. The molecule has 0 spiro atoms. The topological polar surface area (TPSA) is 61.5 Å². The van der Waals surface area contributed by atoms with Crippen LogP contribution in [0.1, 0.15) is 0 Å². The van der Waals surface area contributed by atoms with Gasteiger partial charge in [0.2, 0.25) is 0 Å². The molecule has 0 aromatic rings. The van der Waals surface area contributed by atoms with Crippen LogP contribution in [0.25, 0.3) is 0 Å². The Morgan fingerprint density at radius 1 is 1.89 bits per heavy atom. The fourth-order valence-electron chi connectivity index (χ4n) is 0.323. The van der Waals surface area contributed by atoms with Gasteiger partial charge in [0.25, 0.3) is 0 Å². The Bertz CT molecular complexity index is 113. The van der Waals surface area contributed by atoms with Crippen molar-refractivity contribution in [1.82, 2.24) is 0 Å². The molecule has 4 nitrogen and oxygen atoms in total. The zero-order valence-corrected chi connectivity index (χ0v) is 5.16. The van der Waals surface area contributed by atoms with E-state index in [0.717, 1.165) is 0 Å². The fraction of sp³-hybridized carbons (Fsp3) is 0.400. The van der Waals surface area contributed by atoms with Gasteiger partial charge in [0.15, 0.2) is 6.10 Å². The number of hydrogen-bond acceptors (Lipinski definition) is 4. The molecule has 0 aliphatic heterocycles. The molecular weight excluding hydrogens is 122 g/mol. The van der Waals surface area contributed by atoms with Gasteiger partial charge in [0, 0.05) is 0 Å². The molecule has 0 radical (unpaired) electrons. The number of hydrogen-bond donors (Lipinski definition) is 1. The van der Waals surface area contributed by atoms with E-state index in [4.69, 9.17) is 0 Å². The molecule has 1 unspecified atom stereocenters. The lowest BCUT2D eigenvalue weighted by Gasteiger charge is -2.04. The van der Waals surface area contributed by atoms with Crippen molar-refractivity contribution >= 4 is 5.97 Å². The van der Waals surface area contributed by atoms with Crippen LogP contribution < -0.4 is 5.90 Å². The molecule has 0 aliphatic rings. The van der Waals surface area contributed by atoms with E-state index in [-0.39, 0.29) is 0 Å². The standard InChI is InChI=1S/C5H9NO3/c1-3-4(9-6)5(7)8-2/h3-4H,1,6H2,2H3. The molecule has 0 saturated carbocycles. The first-order chi connectivity index (χ1) is 4.26. The Hall–Kier alpha value is -0.870. The summed E-state index contributed by atoms with van der Waals surface area (Å²) >= 11 is 0. The van der Waals surface area contributed by atoms with Crippen molar-refractivity contribution in [1.29, 1.82) is 0 Å². The van der Waals surface area contributed by atoms with Crippen molar-refractivity contribution in [3.05, 3.63) is 12.7 Å². The van der Waals surface area contributed by atoms with E-state index in [1.165, 1.54) is 13.2 Å². The molecule has 1 atom stereocenters. The van der Waals surface area contributed by atoms with Crippen LogP contribution in [-0.4, -0.2) is 19.2 Å². The molecule has 4 heteroatoms. The van der Waals surface area contributed by atoms with Crippen molar-refractivity contribution in [2.24, 2.45) is 5.90 Å². The summed E-state index contributed by atoms with van der Waals surface area (Å²) in [4.78, 5) is 14.6. The molecule has 0 heterocycles. The van der Waals surface area contributed by atoms with E-state index in [9.17, 15) is 4.79 Å². The first-order valence-corrected chi connectivity index (χ1v) is 2.32. The molecular formula is C5H9NO3. The van der Waals surface area contributed by atoms with Crippen molar-refractivity contribution in [2.75, 3.05) is 7.11 Å². The van der Waals surface area contributed by atoms with E-state index in [1.807, 2.05) is 0 Å². The molecule has 0 aliphatic carbocycles. The summed E-state index contributed by atoms with van der Waals surface area (Å²) in [7, 11) is 1.25. The van der Waals surface area contributed by atoms with Gasteiger partial charge in [0.1, 0.15) is 0 Å². The van der Waals surface area contributed by atoms with Crippen molar-refractivity contribution < 1.29 is 14.4 Å². The lowest BCUT2D eigenvalue weighted by atomic mass is 10.4. The smallest absolute Gasteiger partial charge is 0.341 e. The van der Waals surface area contributed by atoms with Gasteiger partial charge in [-0.05, 0) is 6.08 Å².